The van der Waals surface area contributed by atoms with Crippen LogP contribution in [0.25, 0.3) is 0 Å². The minimum Gasteiger partial charge on any atom is -0.481 e. The predicted molar refractivity (Wildman–Crippen MR) is 116 cm³/mol. The van der Waals surface area contributed by atoms with Gasteiger partial charge in [0.2, 0.25) is 0 Å². The maximum atomic E-state index is 12.6. The van der Waals surface area contributed by atoms with E-state index < -0.39 is 6.10 Å². The number of piperazine rings is 1. The van der Waals surface area contributed by atoms with E-state index in [1.165, 1.54) is 12.6 Å². The molecule has 0 saturated carbocycles. The molecule has 154 valence electrons. The normalized spacial score (nSPS) is 15.7. The van der Waals surface area contributed by atoms with E-state index in [0.717, 1.165) is 37.4 Å². The Labute approximate surface area is 172 Å². The predicted octanol–water partition coefficient (Wildman–Crippen LogP) is 3.36. The highest BCUT2D eigenvalue weighted by Gasteiger charge is 2.18. The number of ketones is 1. The minimum atomic E-state index is -0.658. The van der Waals surface area contributed by atoms with Crippen molar-refractivity contribution in [2.45, 2.75) is 26.9 Å². The number of ether oxygens (including phenoxy) is 1. The van der Waals surface area contributed by atoms with E-state index in [1.807, 2.05) is 13.0 Å². The van der Waals surface area contributed by atoms with Gasteiger partial charge in [-0.15, -0.1) is 0 Å². The zero-order valence-corrected chi connectivity index (χ0v) is 17.6. The third-order valence-corrected chi connectivity index (χ3v) is 5.28. The highest BCUT2D eigenvalue weighted by Crippen LogP contribution is 2.24. The number of hydrogen-bond donors (Lipinski definition) is 1. The molecule has 0 aliphatic carbocycles. The van der Waals surface area contributed by atoms with Gasteiger partial charge in [0, 0.05) is 43.1 Å². The molecule has 6 heteroatoms. The van der Waals surface area contributed by atoms with Crippen LogP contribution in [0.5, 0.6) is 5.75 Å². The van der Waals surface area contributed by atoms with Gasteiger partial charge in [-0.25, -0.2) is 0 Å². The van der Waals surface area contributed by atoms with Crippen LogP contribution in [0.1, 0.15) is 29.8 Å². The number of carbonyl (C=O) groups is 2. The lowest BCUT2D eigenvalue weighted by Gasteiger charge is -2.34. The summed E-state index contributed by atoms with van der Waals surface area (Å²) in [6.45, 7) is 9.36. The van der Waals surface area contributed by atoms with Gasteiger partial charge in [0.1, 0.15) is 5.75 Å². The van der Waals surface area contributed by atoms with Crippen molar-refractivity contribution in [2.24, 2.45) is 0 Å². The summed E-state index contributed by atoms with van der Waals surface area (Å²) in [6, 6.07) is 12.9. The molecule has 1 fully saturated rings. The van der Waals surface area contributed by atoms with E-state index in [9.17, 15) is 9.59 Å². The number of carbonyl (C=O) groups excluding carboxylic acids is 2. The molecule has 1 aliphatic heterocycles. The van der Waals surface area contributed by atoms with Crippen LogP contribution in [0, 0.1) is 6.92 Å². The van der Waals surface area contributed by atoms with Crippen LogP contribution in [0.4, 0.5) is 11.4 Å². The molecule has 0 radical (unpaired) electrons. The Balaban J connectivity index is 1.60. The van der Waals surface area contributed by atoms with Crippen LogP contribution in [-0.2, 0) is 4.79 Å². The molecule has 0 spiro atoms. The standard InChI is InChI=1S/C23H29N3O3/c1-16-15-20(26-13-11-25(4)12-14-26)7-10-22(16)24-23(28)18(3)29-21-8-5-19(6-9-21)17(2)27/h5-10,15,18H,11-14H2,1-4H3,(H,24,28). The molecule has 1 amide bonds. The number of benzene rings is 2. The van der Waals surface area contributed by atoms with Gasteiger partial charge in [0.25, 0.3) is 5.91 Å². The lowest BCUT2D eigenvalue weighted by Crippen LogP contribution is -2.44. The van der Waals surface area contributed by atoms with Gasteiger partial charge < -0.3 is 19.9 Å². The summed E-state index contributed by atoms with van der Waals surface area (Å²) in [5, 5.41) is 2.95. The van der Waals surface area contributed by atoms with Crippen molar-refractivity contribution in [3.63, 3.8) is 0 Å². The second-order valence-electron chi connectivity index (χ2n) is 7.62. The van der Waals surface area contributed by atoms with Gasteiger partial charge in [-0.05, 0) is 75.8 Å². The molecule has 6 nitrogen and oxygen atoms in total. The Hall–Kier alpha value is -2.86. The molecular formula is C23H29N3O3. The van der Waals surface area contributed by atoms with Crippen molar-refractivity contribution >= 4 is 23.1 Å². The van der Waals surface area contributed by atoms with Gasteiger partial charge in [0.15, 0.2) is 11.9 Å². The fourth-order valence-corrected chi connectivity index (χ4v) is 3.31. The van der Waals surface area contributed by atoms with E-state index in [2.05, 4.69) is 34.3 Å². The van der Waals surface area contributed by atoms with Gasteiger partial charge in [0.05, 0.1) is 0 Å². The summed E-state index contributed by atoms with van der Waals surface area (Å²) < 4.78 is 5.72. The molecule has 1 atom stereocenters. The molecule has 2 aromatic rings. The first-order valence-electron chi connectivity index (χ1n) is 9.96. The molecule has 1 unspecified atom stereocenters. The number of Topliss-reactive ketones (excluding diaryl/α,β-unsaturated/α-hetero) is 1. The topological polar surface area (TPSA) is 61.9 Å². The lowest BCUT2D eigenvalue weighted by atomic mass is 10.1. The SMILES string of the molecule is CC(=O)c1ccc(OC(C)C(=O)Nc2ccc(N3CCN(C)CC3)cc2C)cc1. The maximum Gasteiger partial charge on any atom is 0.265 e. The highest BCUT2D eigenvalue weighted by molar-refractivity contribution is 5.95. The zero-order chi connectivity index (χ0) is 21.0. The second kappa shape index (κ2) is 9.09. The molecule has 1 aliphatic rings. The van der Waals surface area contributed by atoms with Crippen molar-refractivity contribution in [1.29, 1.82) is 0 Å². The summed E-state index contributed by atoms with van der Waals surface area (Å²) in [7, 11) is 2.14. The van der Waals surface area contributed by atoms with E-state index in [4.69, 9.17) is 4.74 Å². The Morgan fingerprint density at radius 2 is 1.69 bits per heavy atom. The number of anilines is 2. The third kappa shape index (κ3) is 5.35. The number of aryl methyl sites for hydroxylation is 1. The second-order valence-corrected chi connectivity index (χ2v) is 7.62. The summed E-state index contributed by atoms with van der Waals surface area (Å²) >= 11 is 0. The van der Waals surface area contributed by atoms with Crippen molar-refractivity contribution in [2.75, 3.05) is 43.4 Å². The Kier molecular flexibility index (Phi) is 6.54. The summed E-state index contributed by atoms with van der Waals surface area (Å²) in [5.74, 6) is 0.341. The van der Waals surface area contributed by atoms with E-state index in [-0.39, 0.29) is 11.7 Å². The number of likely N-dealkylation sites (N-methyl/N-ethyl adjacent to an activating group) is 1. The van der Waals surface area contributed by atoms with Crippen LogP contribution in [0.2, 0.25) is 0 Å². The van der Waals surface area contributed by atoms with Crippen LogP contribution in [0.15, 0.2) is 42.5 Å². The third-order valence-electron chi connectivity index (χ3n) is 5.28. The number of rotatable bonds is 6. The van der Waals surface area contributed by atoms with Gasteiger partial charge >= 0.3 is 0 Å². The fraction of sp³-hybridized carbons (Fsp3) is 0.391. The van der Waals surface area contributed by atoms with Crippen LogP contribution in [-0.4, -0.2) is 55.9 Å². The highest BCUT2D eigenvalue weighted by atomic mass is 16.5. The molecule has 1 saturated heterocycles. The molecule has 1 heterocycles. The molecule has 2 aromatic carbocycles. The monoisotopic (exact) mass is 395 g/mol. The van der Waals surface area contributed by atoms with Gasteiger partial charge in [-0.1, -0.05) is 0 Å². The molecule has 1 N–H and O–H groups in total. The fourth-order valence-electron chi connectivity index (χ4n) is 3.31. The summed E-state index contributed by atoms with van der Waals surface area (Å²) in [6.07, 6.45) is -0.658. The maximum absolute atomic E-state index is 12.6. The number of hydrogen-bond acceptors (Lipinski definition) is 5. The first-order valence-corrected chi connectivity index (χ1v) is 9.96. The van der Waals surface area contributed by atoms with E-state index >= 15 is 0 Å². The zero-order valence-electron chi connectivity index (χ0n) is 17.6. The molecule has 0 aromatic heterocycles. The van der Waals surface area contributed by atoms with Crippen LogP contribution in [0.3, 0.4) is 0 Å². The van der Waals surface area contributed by atoms with Gasteiger partial charge in [-0.2, -0.15) is 0 Å². The lowest BCUT2D eigenvalue weighted by molar-refractivity contribution is -0.122. The number of nitrogens with zero attached hydrogens (tertiary/aromatic N) is 2. The average Bonchev–Trinajstić information content (AvgIpc) is 2.70. The number of amides is 1. The minimum absolute atomic E-state index is 0.00200. The van der Waals surface area contributed by atoms with E-state index in [0.29, 0.717) is 11.3 Å². The smallest absolute Gasteiger partial charge is 0.265 e. The Morgan fingerprint density at radius 1 is 1.03 bits per heavy atom. The van der Waals surface area contributed by atoms with Crippen molar-refractivity contribution in [3.05, 3.63) is 53.6 Å². The first-order chi connectivity index (χ1) is 13.8. The molecule has 3 rings (SSSR count). The average molecular weight is 396 g/mol. The molecule has 0 bridgehead atoms. The summed E-state index contributed by atoms with van der Waals surface area (Å²) in [4.78, 5) is 28.6. The van der Waals surface area contributed by atoms with Crippen molar-refractivity contribution < 1.29 is 14.3 Å². The molecular weight excluding hydrogens is 366 g/mol. The Morgan fingerprint density at radius 3 is 2.28 bits per heavy atom. The van der Waals surface area contributed by atoms with Crippen LogP contribution < -0.4 is 15.0 Å². The van der Waals surface area contributed by atoms with Crippen LogP contribution >= 0.6 is 0 Å². The van der Waals surface area contributed by atoms with Crippen molar-refractivity contribution in [3.8, 4) is 5.75 Å². The number of nitrogens with one attached hydrogen (secondary N) is 1. The largest absolute Gasteiger partial charge is 0.481 e. The first kappa shape index (κ1) is 20.9. The van der Waals surface area contributed by atoms with Crippen molar-refractivity contribution in [1.82, 2.24) is 4.90 Å². The Bertz CT molecular complexity index is 871. The van der Waals surface area contributed by atoms with Gasteiger partial charge in [-0.3, -0.25) is 9.59 Å². The molecule has 29 heavy (non-hydrogen) atoms. The van der Waals surface area contributed by atoms with E-state index in [1.54, 1.807) is 31.2 Å². The summed E-state index contributed by atoms with van der Waals surface area (Å²) in [5.41, 5.74) is 3.61. The quantitative estimate of drug-likeness (QED) is 0.760.